The van der Waals surface area contributed by atoms with Crippen LogP contribution in [0.1, 0.15) is 46.0 Å². The van der Waals surface area contributed by atoms with Gasteiger partial charge in [-0.25, -0.2) is 0 Å². The van der Waals surface area contributed by atoms with Crippen molar-refractivity contribution in [1.29, 1.82) is 0 Å². The Morgan fingerprint density at radius 2 is 2.29 bits per heavy atom. The summed E-state index contributed by atoms with van der Waals surface area (Å²) in [6.07, 6.45) is 14.5. The molecule has 2 rings (SSSR count). The number of allylic oxidation sites excluding steroid dienone is 6. The molecule has 0 aromatic rings. The highest BCUT2D eigenvalue weighted by molar-refractivity contribution is 5.80. The molecule has 0 spiro atoms. The molecule has 17 heavy (non-hydrogen) atoms. The first-order chi connectivity index (χ1) is 8.16. The van der Waals surface area contributed by atoms with Gasteiger partial charge in [0.2, 0.25) is 0 Å². The second-order valence-corrected chi connectivity index (χ2v) is 5.46. The Morgan fingerprint density at radius 3 is 3.06 bits per heavy atom. The first kappa shape index (κ1) is 12.3. The van der Waals surface area contributed by atoms with Crippen molar-refractivity contribution in [2.45, 2.75) is 46.0 Å². The molecule has 2 aliphatic rings. The van der Waals surface area contributed by atoms with Gasteiger partial charge in [0.05, 0.1) is 0 Å². The third kappa shape index (κ3) is 3.18. The normalized spacial score (nSPS) is 23.1. The molecule has 92 valence electrons. The van der Waals surface area contributed by atoms with Gasteiger partial charge in [-0.3, -0.25) is 4.79 Å². The van der Waals surface area contributed by atoms with Crippen LogP contribution in [0.2, 0.25) is 0 Å². The van der Waals surface area contributed by atoms with Crippen LogP contribution in [0.3, 0.4) is 0 Å². The van der Waals surface area contributed by atoms with Crippen molar-refractivity contribution >= 4 is 5.78 Å². The van der Waals surface area contributed by atoms with E-state index < -0.39 is 0 Å². The zero-order valence-corrected chi connectivity index (χ0v) is 10.9. The summed E-state index contributed by atoms with van der Waals surface area (Å²) in [5.74, 6) is 1.30. The zero-order valence-electron chi connectivity index (χ0n) is 10.9. The first-order valence-electron chi connectivity index (χ1n) is 6.76. The van der Waals surface area contributed by atoms with Crippen LogP contribution in [0, 0.1) is 11.8 Å². The Hall–Kier alpha value is -1.11. The Balaban J connectivity index is 1.93. The van der Waals surface area contributed by atoms with Crippen LogP contribution < -0.4 is 0 Å². The van der Waals surface area contributed by atoms with Crippen molar-refractivity contribution in [3.05, 3.63) is 35.5 Å². The summed E-state index contributed by atoms with van der Waals surface area (Å²) in [4.78, 5) is 11.6. The SMILES string of the molecule is CC(C)C(=O)CCC1=CCC2CCC=CC2=C1. The maximum absolute atomic E-state index is 11.6. The Kier molecular flexibility index (Phi) is 3.98. The van der Waals surface area contributed by atoms with Crippen molar-refractivity contribution in [2.75, 3.05) is 0 Å². The molecule has 0 saturated carbocycles. The molecule has 0 saturated heterocycles. The minimum atomic E-state index is 0.175. The molecule has 0 aromatic heterocycles. The van der Waals surface area contributed by atoms with Crippen molar-refractivity contribution in [2.24, 2.45) is 11.8 Å². The Labute approximate surface area is 104 Å². The van der Waals surface area contributed by atoms with E-state index in [1.54, 1.807) is 0 Å². The predicted molar refractivity (Wildman–Crippen MR) is 71.7 cm³/mol. The molecule has 0 radical (unpaired) electrons. The van der Waals surface area contributed by atoms with E-state index in [2.05, 4.69) is 24.3 Å². The molecule has 0 heterocycles. The van der Waals surface area contributed by atoms with E-state index in [0.717, 1.165) is 12.3 Å². The molecule has 0 N–H and O–H groups in total. The monoisotopic (exact) mass is 230 g/mol. The number of Topliss-reactive ketones (excluding diaryl/α,β-unsaturated/α-hetero) is 1. The average molecular weight is 230 g/mol. The summed E-state index contributed by atoms with van der Waals surface area (Å²) in [5, 5.41) is 0. The summed E-state index contributed by atoms with van der Waals surface area (Å²) in [6, 6.07) is 0. The minimum Gasteiger partial charge on any atom is -0.299 e. The van der Waals surface area contributed by atoms with Gasteiger partial charge in [0, 0.05) is 12.3 Å². The van der Waals surface area contributed by atoms with Crippen LogP contribution in [0.25, 0.3) is 0 Å². The smallest absolute Gasteiger partial charge is 0.135 e. The van der Waals surface area contributed by atoms with Crippen molar-refractivity contribution in [3.8, 4) is 0 Å². The highest BCUT2D eigenvalue weighted by Crippen LogP contribution is 2.33. The van der Waals surface area contributed by atoms with Crippen LogP contribution >= 0.6 is 0 Å². The second kappa shape index (κ2) is 5.48. The number of ketones is 1. The summed E-state index contributed by atoms with van der Waals surface area (Å²) < 4.78 is 0. The molecule has 1 nitrogen and oxygen atoms in total. The van der Waals surface area contributed by atoms with Gasteiger partial charge in [0.25, 0.3) is 0 Å². The van der Waals surface area contributed by atoms with Gasteiger partial charge < -0.3 is 0 Å². The number of fused-ring (bicyclic) bond motifs is 1. The number of carbonyl (C=O) groups is 1. The standard InChI is InChI=1S/C16H22O/c1-12(2)16(17)10-8-13-7-9-14-5-3-4-6-15(14)11-13/h4,6-7,11-12,14H,3,5,8-10H2,1-2H3. The van der Waals surface area contributed by atoms with Gasteiger partial charge in [0.15, 0.2) is 0 Å². The maximum atomic E-state index is 11.6. The lowest BCUT2D eigenvalue weighted by molar-refractivity contribution is -0.121. The molecule has 0 aromatic carbocycles. The molecule has 1 heteroatoms. The van der Waals surface area contributed by atoms with Crippen LogP contribution in [0.4, 0.5) is 0 Å². The second-order valence-electron chi connectivity index (χ2n) is 5.46. The molecular formula is C16H22O. The number of hydrogen-bond acceptors (Lipinski definition) is 1. The van der Waals surface area contributed by atoms with Gasteiger partial charge in [-0.1, -0.05) is 43.7 Å². The largest absolute Gasteiger partial charge is 0.299 e. The van der Waals surface area contributed by atoms with Crippen molar-refractivity contribution in [3.63, 3.8) is 0 Å². The highest BCUT2D eigenvalue weighted by atomic mass is 16.1. The molecule has 0 bridgehead atoms. The topological polar surface area (TPSA) is 17.1 Å². The third-order valence-corrected chi connectivity index (χ3v) is 3.78. The van der Waals surface area contributed by atoms with Gasteiger partial charge in [-0.15, -0.1) is 0 Å². The third-order valence-electron chi connectivity index (χ3n) is 3.78. The summed E-state index contributed by atoms with van der Waals surface area (Å²) in [7, 11) is 0. The van der Waals surface area contributed by atoms with Gasteiger partial charge in [0.1, 0.15) is 5.78 Å². The fourth-order valence-corrected chi connectivity index (χ4v) is 2.54. The van der Waals surface area contributed by atoms with E-state index in [1.807, 2.05) is 13.8 Å². The van der Waals surface area contributed by atoms with Crippen LogP contribution in [0.15, 0.2) is 35.5 Å². The van der Waals surface area contributed by atoms with E-state index in [1.165, 1.54) is 30.4 Å². The lowest BCUT2D eigenvalue weighted by Crippen LogP contribution is -2.11. The Morgan fingerprint density at radius 1 is 1.47 bits per heavy atom. The zero-order chi connectivity index (χ0) is 12.3. The van der Waals surface area contributed by atoms with E-state index >= 15 is 0 Å². The van der Waals surface area contributed by atoms with Crippen molar-refractivity contribution in [1.82, 2.24) is 0 Å². The van der Waals surface area contributed by atoms with Crippen molar-refractivity contribution < 1.29 is 4.79 Å². The minimum absolute atomic E-state index is 0.175. The molecule has 1 unspecified atom stereocenters. The molecule has 1 atom stereocenters. The van der Waals surface area contributed by atoms with Crippen LogP contribution in [0.5, 0.6) is 0 Å². The number of rotatable bonds is 4. The van der Waals surface area contributed by atoms with Gasteiger partial charge >= 0.3 is 0 Å². The van der Waals surface area contributed by atoms with Gasteiger partial charge in [-0.2, -0.15) is 0 Å². The molecule has 2 aliphatic carbocycles. The number of carbonyl (C=O) groups excluding carboxylic acids is 1. The van der Waals surface area contributed by atoms with Gasteiger partial charge in [-0.05, 0) is 37.2 Å². The molecule has 0 fully saturated rings. The van der Waals surface area contributed by atoms with E-state index in [4.69, 9.17) is 0 Å². The predicted octanol–water partition coefficient (Wildman–Crippen LogP) is 4.21. The average Bonchev–Trinajstić information content (AvgIpc) is 2.35. The van der Waals surface area contributed by atoms with Crippen LogP contribution in [-0.4, -0.2) is 5.78 Å². The van der Waals surface area contributed by atoms with E-state index in [0.29, 0.717) is 12.2 Å². The van der Waals surface area contributed by atoms with Crippen LogP contribution in [-0.2, 0) is 4.79 Å². The van der Waals surface area contributed by atoms with E-state index in [9.17, 15) is 4.79 Å². The summed E-state index contributed by atoms with van der Waals surface area (Å²) >= 11 is 0. The Bertz CT molecular complexity index is 382. The first-order valence-corrected chi connectivity index (χ1v) is 6.76. The lowest BCUT2D eigenvalue weighted by atomic mass is 9.81. The number of hydrogen-bond donors (Lipinski definition) is 0. The lowest BCUT2D eigenvalue weighted by Gasteiger charge is -2.24. The summed E-state index contributed by atoms with van der Waals surface area (Å²) in [6.45, 7) is 3.96. The molecule has 0 amide bonds. The highest BCUT2D eigenvalue weighted by Gasteiger charge is 2.18. The molecule has 0 aliphatic heterocycles. The maximum Gasteiger partial charge on any atom is 0.135 e. The fourth-order valence-electron chi connectivity index (χ4n) is 2.54. The van der Waals surface area contributed by atoms with E-state index in [-0.39, 0.29) is 5.92 Å². The fraction of sp³-hybridized carbons (Fsp3) is 0.562. The molecular weight excluding hydrogens is 208 g/mol. The summed E-state index contributed by atoms with van der Waals surface area (Å²) in [5.41, 5.74) is 2.84. The quantitative estimate of drug-likeness (QED) is 0.707.